The lowest BCUT2D eigenvalue weighted by Crippen LogP contribution is -2.41. The van der Waals surface area contributed by atoms with Gasteiger partial charge in [-0.05, 0) is 11.6 Å². The molecule has 7 heteroatoms. The van der Waals surface area contributed by atoms with Crippen molar-refractivity contribution in [2.75, 3.05) is 19.8 Å². The monoisotopic (exact) mass is 266 g/mol. The molecule has 2 heterocycles. The van der Waals surface area contributed by atoms with Crippen molar-refractivity contribution in [1.29, 1.82) is 0 Å². The Bertz CT molecular complexity index is 458. The molecule has 1 atom stereocenters. The van der Waals surface area contributed by atoms with Crippen LogP contribution in [0.1, 0.15) is 17.7 Å². The van der Waals surface area contributed by atoms with Crippen molar-refractivity contribution in [3.8, 4) is 0 Å². The largest absolute Gasteiger partial charge is 0.409 e. The first-order chi connectivity index (χ1) is 9.14. The summed E-state index contributed by atoms with van der Waals surface area (Å²) in [6.07, 6.45) is 2.20. The molecule has 1 aromatic heterocycles. The second-order valence-corrected chi connectivity index (χ2v) is 4.63. The average Bonchev–Trinajstić information content (AvgIpc) is 2.85. The van der Waals surface area contributed by atoms with Crippen molar-refractivity contribution < 1.29 is 15.1 Å². The minimum absolute atomic E-state index is 0.0275. The fourth-order valence-corrected chi connectivity index (χ4v) is 2.02. The van der Waals surface area contributed by atoms with Crippen molar-refractivity contribution in [2.45, 2.75) is 18.6 Å². The Kier molecular flexibility index (Phi) is 4.31. The van der Waals surface area contributed by atoms with Gasteiger partial charge < -0.3 is 26.1 Å². The van der Waals surface area contributed by atoms with Crippen molar-refractivity contribution in [3.05, 3.63) is 29.6 Å². The molecule has 0 amide bonds. The van der Waals surface area contributed by atoms with Gasteiger partial charge in [-0.15, -0.1) is 0 Å². The van der Waals surface area contributed by atoms with E-state index in [1.165, 1.54) is 0 Å². The van der Waals surface area contributed by atoms with Gasteiger partial charge in [-0.2, -0.15) is 0 Å². The fourth-order valence-electron chi connectivity index (χ4n) is 2.02. The number of hydrogen-bond donors (Lipinski definition) is 4. The number of pyridine rings is 1. The van der Waals surface area contributed by atoms with Gasteiger partial charge in [0.15, 0.2) is 5.84 Å². The van der Waals surface area contributed by atoms with Gasteiger partial charge in [0.2, 0.25) is 0 Å². The zero-order valence-electron chi connectivity index (χ0n) is 10.5. The van der Waals surface area contributed by atoms with Crippen molar-refractivity contribution in [3.63, 3.8) is 0 Å². The Labute approximate surface area is 111 Å². The van der Waals surface area contributed by atoms with E-state index >= 15 is 0 Å². The summed E-state index contributed by atoms with van der Waals surface area (Å²) in [5.74, 6) is -0.0275. The highest BCUT2D eigenvalue weighted by Gasteiger charge is 2.31. The van der Waals surface area contributed by atoms with E-state index in [-0.39, 0.29) is 5.84 Å². The summed E-state index contributed by atoms with van der Waals surface area (Å²) in [5, 5.41) is 24.9. The second-order valence-electron chi connectivity index (χ2n) is 4.63. The molecule has 1 unspecified atom stereocenters. The molecule has 0 saturated carbocycles. The third-order valence-electron chi connectivity index (χ3n) is 3.09. The van der Waals surface area contributed by atoms with Crippen LogP contribution in [-0.2, 0) is 11.3 Å². The number of hydrogen-bond acceptors (Lipinski definition) is 6. The van der Waals surface area contributed by atoms with Crippen molar-refractivity contribution in [2.24, 2.45) is 10.9 Å². The Morgan fingerprint density at radius 3 is 3.16 bits per heavy atom. The molecule has 1 saturated heterocycles. The van der Waals surface area contributed by atoms with Crippen LogP contribution in [0.2, 0.25) is 0 Å². The molecule has 0 bridgehead atoms. The summed E-state index contributed by atoms with van der Waals surface area (Å²) < 4.78 is 5.17. The lowest BCUT2D eigenvalue weighted by Gasteiger charge is -2.21. The molecule has 0 aliphatic carbocycles. The first-order valence-electron chi connectivity index (χ1n) is 6.07. The van der Waals surface area contributed by atoms with Gasteiger partial charge >= 0.3 is 0 Å². The number of aromatic nitrogens is 1. The van der Waals surface area contributed by atoms with Crippen molar-refractivity contribution in [1.82, 2.24) is 10.3 Å². The Hall–Kier alpha value is -1.70. The van der Waals surface area contributed by atoms with Crippen LogP contribution in [-0.4, -0.2) is 46.5 Å². The Morgan fingerprint density at radius 1 is 1.63 bits per heavy atom. The summed E-state index contributed by atoms with van der Waals surface area (Å²) in [6, 6.07) is 3.61. The molecule has 1 aromatic rings. The summed E-state index contributed by atoms with van der Waals surface area (Å²) in [6.45, 7) is 1.83. The van der Waals surface area contributed by atoms with Gasteiger partial charge in [0.1, 0.15) is 11.3 Å². The number of nitrogens with zero attached hydrogens (tertiary/aromatic N) is 2. The first-order valence-corrected chi connectivity index (χ1v) is 6.07. The molecule has 5 N–H and O–H groups in total. The van der Waals surface area contributed by atoms with Crippen LogP contribution < -0.4 is 11.1 Å². The predicted molar refractivity (Wildman–Crippen MR) is 68.8 cm³/mol. The van der Waals surface area contributed by atoms with Crippen LogP contribution in [0.3, 0.4) is 0 Å². The van der Waals surface area contributed by atoms with Crippen LogP contribution in [0.25, 0.3) is 0 Å². The zero-order chi connectivity index (χ0) is 13.7. The molecular formula is C12H18N4O3. The van der Waals surface area contributed by atoms with Crippen LogP contribution in [0.4, 0.5) is 0 Å². The van der Waals surface area contributed by atoms with Gasteiger partial charge in [-0.25, -0.2) is 0 Å². The van der Waals surface area contributed by atoms with E-state index in [2.05, 4.69) is 15.5 Å². The number of oxime groups is 1. The normalized spacial score (nSPS) is 23.7. The minimum Gasteiger partial charge on any atom is -0.409 e. The molecule has 104 valence electrons. The summed E-state index contributed by atoms with van der Waals surface area (Å²) in [4.78, 5) is 4.07. The predicted octanol–water partition coefficient (Wildman–Crippen LogP) is -0.583. The van der Waals surface area contributed by atoms with E-state index in [9.17, 15) is 5.11 Å². The summed E-state index contributed by atoms with van der Waals surface area (Å²) in [5.41, 5.74) is 5.99. The molecule has 7 nitrogen and oxygen atoms in total. The van der Waals surface area contributed by atoms with E-state index in [1.54, 1.807) is 12.3 Å². The maximum Gasteiger partial charge on any atom is 0.189 e. The molecule has 0 radical (unpaired) electrons. The molecule has 1 aliphatic heterocycles. The standard InChI is InChI=1S/C12H18N4O3/c13-11(16-18)10-9(2-1-4-15-10)6-14-7-12(17)3-5-19-8-12/h1-2,4,14,17-18H,3,5-8H2,(H2,13,16). The molecule has 2 rings (SSSR count). The lowest BCUT2D eigenvalue weighted by atomic mass is 10.0. The van der Waals surface area contributed by atoms with Crippen LogP contribution >= 0.6 is 0 Å². The highest BCUT2D eigenvalue weighted by molar-refractivity contribution is 5.96. The molecule has 0 spiro atoms. The number of aliphatic hydroxyl groups is 1. The highest BCUT2D eigenvalue weighted by atomic mass is 16.5. The molecule has 1 aliphatic rings. The SMILES string of the molecule is N/C(=N/O)c1ncccc1CNCC1(O)CCOC1. The van der Waals surface area contributed by atoms with E-state index < -0.39 is 5.60 Å². The quantitative estimate of drug-likeness (QED) is 0.245. The lowest BCUT2D eigenvalue weighted by molar-refractivity contribution is 0.0268. The number of nitrogens with one attached hydrogen (secondary N) is 1. The molecule has 19 heavy (non-hydrogen) atoms. The first kappa shape index (κ1) is 13.7. The number of nitrogens with two attached hydrogens (primary N) is 1. The second kappa shape index (κ2) is 5.96. The van der Waals surface area contributed by atoms with E-state index in [0.717, 1.165) is 5.56 Å². The van der Waals surface area contributed by atoms with Gasteiger partial charge in [0.05, 0.1) is 6.61 Å². The maximum atomic E-state index is 10.1. The molecule has 1 fully saturated rings. The van der Waals surface area contributed by atoms with Gasteiger partial charge in [0, 0.05) is 32.3 Å². The minimum atomic E-state index is -0.807. The van der Waals surface area contributed by atoms with E-state index in [0.29, 0.717) is 38.4 Å². The molecule has 0 aromatic carbocycles. The van der Waals surface area contributed by atoms with Gasteiger partial charge in [-0.1, -0.05) is 11.2 Å². The van der Waals surface area contributed by atoms with Crippen LogP contribution in [0, 0.1) is 0 Å². The number of amidine groups is 1. The Morgan fingerprint density at radius 2 is 2.47 bits per heavy atom. The van der Waals surface area contributed by atoms with E-state index in [4.69, 9.17) is 15.7 Å². The smallest absolute Gasteiger partial charge is 0.189 e. The van der Waals surface area contributed by atoms with Crippen LogP contribution in [0.15, 0.2) is 23.5 Å². The maximum absolute atomic E-state index is 10.1. The highest BCUT2D eigenvalue weighted by Crippen LogP contribution is 2.17. The number of ether oxygens (including phenoxy) is 1. The molecular weight excluding hydrogens is 248 g/mol. The average molecular weight is 266 g/mol. The third kappa shape index (κ3) is 3.40. The fraction of sp³-hybridized carbons (Fsp3) is 0.500. The third-order valence-corrected chi connectivity index (χ3v) is 3.09. The van der Waals surface area contributed by atoms with Crippen LogP contribution in [0.5, 0.6) is 0 Å². The van der Waals surface area contributed by atoms with Crippen molar-refractivity contribution >= 4 is 5.84 Å². The van der Waals surface area contributed by atoms with E-state index in [1.807, 2.05) is 6.07 Å². The topological polar surface area (TPSA) is 113 Å². The number of rotatable bonds is 5. The summed E-state index contributed by atoms with van der Waals surface area (Å²) >= 11 is 0. The zero-order valence-corrected chi connectivity index (χ0v) is 10.5. The van der Waals surface area contributed by atoms with Gasteiger partial charge in [0.25, 0.3) is 0 Å². The summed E-state index contributed by atoms with van der Waals surface area (Å²) in [7, 11) is 0. The Balaban J connectivity index is 1.96. The van der Waals surface area contributed by atoms with Gasteiger partial charge in [-0.3, -0.25) is 4.98 Å².